The maximum atomic E-state index is 12.0. The zero-order chi connectivity index (χ0) is 15.5. The van der Waals surface area contributed by atoms with Crippen LogP contribution >= 0.6 is 0 Å². The van der Waals surface area contributed by atoms with Crippen molar-refractivity contribution in [2.24, 2.45) is 5.73 Å². The average Bonchev–Trinajstić information content (AvgIpc) is 2.47. The van der Waals surface area contributed by atoms with E-state index in [-0.39, 0.29) is 38.0 Å². The fourth-order valence-corrected chi connectivity index (χ4v) is 1.39. The van der Waals surface area contributed by atoms with Crippen LogP contribution in [0.15, 0.2) is 18.3 Å². The van der Waals surface area contributed by atoms with E-state index in [1.54, 1.807) is 12.1 Å². The number of carbonyl (C=O) groups excluding carboxylic acids is 2. The molecule has 0 saturated heterocycles. The van der Waals surface area contributed by atoms with Gasteiger partial charge in [0.1, 0.15) is 12.3 Å². The van der Waals surface area contributed by atoms with E-state index in [1.807, 2.05) is 0 Å². The minimum atomic E-state index is -0.563. The van der Waals surface area contributed by atoms with Gasteiger partial charge in [0, 0.05) is 19.2 Å². The third kappa shape index (κ3) is 6.51. The van der Waals surface area contributed by atoms with E-state index >= 15 is 0 Å². The number of hydrogen-bond donors (Lipinski definition) is 3. The smallest absolute Gasteiger partial charge is 0.271 e. The lowest BCUT2D eigenvalue weighted by molar-refractivity contribution is -0.122. The number of ether oxygens (including phenoxy) is 1. The summed E-state index contributed by atoms with van der Waals surface area (Å²) in [4.78, 5) is 26.4. The summed E-state index contributed by atoms with van der Waals surface area (Å²) in [6, 6.07) is 3.35. The molecule has 112 valence electrons. The Balaban J connectivity index is 2.54. The van der Waals surface area contributed by atoms with Gasteiger partial charge in [-0.2, -0.15) is 0 Å². The van der Waals surface area contributed by atoms with Gasteiger partial charge in [-0.15, -0.1) is 0 Å². The Morgan fingerprint density at radius 1 is 1.48 bits per heavy atom. The van der Waals surface area contributed by atoms with Crippen molar-refractivity contribution in [2.75, 3.05) is 26.4 Å². The normalized spacial score (nSPS) is 9.57. The van der Waals surface area contributed by atoms with Crippen LogP contribution in [0.1, 0.15) is 22.5 Å². The first-order valence-corrected chi connectivity index (χ1v) is 6.34. The molecule has 4 N–H and O–H groups in total. The maximum Gasteiger partial charge on any atom is 0.271 e. The van der Waals surface area contributed by atoms with Gasteiger partial charge in [-0.3, -0.25) is 9.59 Å². The lowest BCUT2D eigenvalue weighted by Crippen LogP contribution is -2.30. The predicted octanol–water partition coefficient (Wildman–Crippen LogP) is -0.953. The number of nitrogens with two attached hydrogens (primary N) is 1. The number of aliphatic hydroxyl groups is 1. The molecule has 0 spiro atoms. The number of rotatable bonds is 7. The molecule has 1 heterocycles. The van der Waals surface area contributed by atoms with E-state index in [1.165, 1.54) is 6.20 Å². The van der Waals surface area contributed by atoms with Gasteiger partial charge in [-0.1, -0.05) is 11.8 Å². The van der Waals surface area contributed by atoms with Gasteiger partial charge in [-0.05, 0) is 12.1 Å². The highest BCUT2D eigenvalue weighted by Gasteiger charge is 2.10. The molecular formula is C14H17N3O4. The van der Waals surface area contributed by atoms with Crippen LogP contribution in [-0.2, 0) is 9.53 Å². The maximum absolute atomic E-state index is 12.0. The number of amides is 2. The van der Waals surface area contributed by atoms with Crippen LogP contribution in [0, 0.1) is 11.8 Å². The van der Waals surface area contributed by atoms with Crippen molar-refractivity contribution >= 4 is 11.8 Å². The molecule has 0 aliphatic carbocycles. The molecule has 0 radical (unpaired) electrons. The number of pyridine rings is 1. The van der Waals surface area contributed by atoms with Crippen molar-refractivity contribution in [1.82, 2.24) is 10.3 Å². The molecule has 7 nitrogen and oxygen atoms in total. The lowest BCUT2D eigenvalue weighted by atomic mass is 10.2. The van der Waals surface area contributed by atoms with Gasteiger partial charge >= 0.3 is 0 Å². The molecule has 0 fully saturated rings. The number of nitrogens with zero attached hydrogens (tertiary/aromatic N) is 1. The molecule has 7 heteroatoms. The summed E-state index contributed by atoms with van der Waals surface area (Å²) >= 11 is 0. The topological polar surface area (TPSA) is 115 Å². The molecule has 1 aromatic rings. The van der Waals surface area contributed by atoms with Gasteiger partial charge in [0.15, 0.2) is 0 Å². The van der Waals surface area contributed by atoms with E-state index in [4.69, 9.17) is 15.6 Å². The SMILES string of the molecule is NC(=O)COCCNC(=O)c1ncccc1C#CCCO. The molecule has 1 rings (SSSR count). The van der Waals surface area contributed by atoms with Crippen molar-refractivity contribution < 1.29 is 19.4 Å². The zero-order valence-corrected chi connectivity index (χ0v) is 11.5. The van der Waals surface area contributed by atoms with Crippen LogP contribution in [-0.4, -0.2) is 48.3 Å². The predicted molar refractivity (Wildman–Crippen MR) is 75.2 cm³/mol. The Labute approximate surface area is 122 Å². The first-order chi connectivity index (χ1) is 10.1. The molecule has 0 atom stereocenters. The van der Waals surface area contributed by atoms with E-state index in [2.05, 4.69) is 22.1 Å². The second-order valence-corrected chi connectivity index (χ2v) is 3.95. The molecular weight excluding hydrogens is 274 g/mol. The molecule has 0 saturated carbocycles. The number of aliphatic hydroxyl groups excluding tert-OH is 1. The van der Waals surface area contributed by atoms with Crippen LogP contribution in [0.4, 0.5) is 0 Å². The fraction of sp³-hybridized carbons (Fsp3) is 0.357. The second-order valence-electron chi connectivity index (χ2n) is 3.95. The van der Waals surface area contributed by atoms with Crippen molar-refractivity contribution in [3.05, 3.63) is 29.6 Å². The van der Waals surface area contributed by atoms with Crippen molar-refractivity contribution in [3.63, 3.8) is 0 Å². The summed E-state index contributed by atoms with van der Waals surface area (Å²) in [5.74, 6) is 4.58. The van der Waals surface area contributed by atoms with Gasteiger partial charge in [-0.25, -0.2) is 4.98 Å². The third-order valence-corrected chi connectivity index (χ3v) is 2.26. The summed E-state index contributed by atoms with van der Waals surface area (Å²) < 4.78 is 4.93. The molecule has 0 aliphatic rings. The van der Waals surface area contributed by atoms with E-state index < -0.39 is 5.91 Å². The highest BCUT2D eigenvalue weighted by Crippen LogP contribution is 2.03. The number of nitrogens with one attached hydrogen (secondary N) is 1. The van der Waals surface area contributed by atoms with E-state index in [0.29, 0.717) is 12.0 Å². The van der Waals surface area contributed by atoms with E-state index in [0.717, 1.165) is 0 Å². The standard InChI is InChI=1S/C14H17N3O4/c15-12(19)10-21-9-7-17-14(20)13-11(4-1-2-8-18)5-3-6-16-13/h3,5-6,18H,2,7-10H2,(H2,15,19)(H,17,20). The Hall–Kier alpha value is -2.43. The highest BCUT2D eigenvalue weighted by molar-refractivity contribution is 5.94. The minimum absolute atomic E-state index is 0.0357. The summed E-state index contributed by atoms with van der Waals surface area (Å²) in [7, 11) is 0. The summed E-state index contributed by atoms with van der Waals surface area (Å²) in [6.07, 6.45) is 1.83. The Morgan fingerprint density at radius 3 is 3.00 bits per heavy atom. The summed E-state index contributed by atoms with van der Waals surface area (Å²) in [6.45, 7) is 0.183. The van der Waals surface area contributed by atoms with Gasteiger partial charge in [0.25, 0.3) is 5.91 Å². The number of hydrogen-bond acceptors (Lipinski definition) is 5. The number of carbonyl (C=O) groups is 2. The van der Waals surface area contributed by atoms with Crippen LogP contribution < -0.4 is 11.1 Å². The van der Waals surface area contributed by atoms with Crippen LogP contribution in [0.25, 0.3) is 0 Å². The lowest BCUT2D eigenvalue weighted by Gasteiger charge is -2.06. The fourth-order valence-electron chi connectivity index (χ4n) is 1.39. The Kier molecular flexibility index (Phi) is 7.50. The van der Waals surface area contributed by atoms with Crippen LogP contribution in [0.2, 0.25) is 0 Å². The molecule has 2 amide bonds. The summed E-state index contributed by atoms with van der Waals surface area (Å²) in [5, 5.41) is 11.3. The molecule has 0 bridgehead atoms. The number of primary amides is 1. The van der Waals surface area contributed by atoms with Gasteiger partial charge < -0.3 is 20.9 Å². The molecule has 0 unspecified atom stereocenters. The van der Waals surface area contributed by atoms with Gasteiger partial charge in [0.2, 0.25) is 5.91 Å². The van der Waals surface area contributed by atoms with Crippen LogP contribution in [0.3, 0.4) is 0 Å². The molecule has 0 aliphatic heterocycles. The number of aromatic nitrogens is 1. The van der Waals surface area contributed by atoms with Crippen molar-refractivity contribution in [2.45, 2.75) is 6.42 Å². The molecule has 1 aromatic heterocycles. The first kappa shape index (κ1) is 16.6. The quantitative estimate of drug-likeness (QED) is 0.442. The first-order valence-electron chi connectivity index (χ1n) is 6.34. The monoisotopic (exact) mass is 291 g/mol. The second kappa shape index (κ2) is 9.47. The largest absolute Gasteiger partial charge is 0.395 e. The Morgan fingerprint density at radius 2 is 2.29 bits per heavy atom. The molecule has 0 aromatic carbocycles. The Bertz CT molecular complexity index is 549. The zero-order valence-electron chi connectivity index (χ0n) is 11.5. The molecule has 21 heavy (non-hydrogen) atoms. The average molecular weight is 291 g/mol. The third-order valence-electron chi connectivity index (χ3n) is 2.26. The van der Waals surface area contributed by atoms with Gasteiger partial charge in [0.05, 0.1) is 18.8 Å². The van der Waals surface area contributed by atoms with Crippen molar-refractivity contribution in [3.8, 4) is 11.8 Å². The highest BCUT2D eigenvalue weighted by atomic mass is 16.5. The summed E-state index contributed by atoms with van der Waals surface area (Å²) in [5.41, 5.74) is 5.60. The minimum Gasteiger partial charge on any atom is -0.395 e. The van der Waals surface area contributed by atoms with Crippen LogP contribution in [0.5, 0.6) is 0 Å². The van der Waals surface area contributed by atoms with Crippen molar-refractivity contribution in [1.29, 1.82) is 0 Å². The van der Waals surface area contributed by atoms with E-state index in [9.17, 15) is 9.59 Å².